The Morgan fingerprint density at radius 3 is 1.08 bits per heavy atom. The predicted molar refractivity (Wildman–Crippen MR) is 55.0 cm³/mol. The molecule has 0 atom stereocenters. The molecule has 0 unspecified atom stereocenters. The molecule has 72 valence electrons. The molecule has 0 heteroatoms. The van der Waals surface area contributed by atoms with Gasteiger partial charge in [0.1, 0.15) is 0 Å². The smallest absolute Gasteiger partial charge is 0.0334 e. The van der Waals surface area contributed by atoms with Gasteiger partial charge in [-0.25, -0.2) is 0 Å². The molecule has 0 radical (unpaired) electrons. The van der Waals surface area contributed by atoms with Crippen LogP contribution in [0.2, 0.25) is 0 Å². The van der Waals surface area contributed by atoms with Gasteiger partial charge in [-0.15, -0.1) is 0 Å². The summed E-state index contributed by atoms with van der Waals surface area (Å²) in [5.74, 6) is 5.64. The zero-order valence-electron chi connectivity index (χ0n) is 9.46. The van der Waals surface area contributed by atoms with Crippen molar-refractivity contribution in [3.8, 4) is 0 Å². The summed E-state index contributed by atoms with van der Waals surface area (Å²) in [5, 5.41) is 0. The Morgan fingerprint density at radius 1 is 0.667 bits per heavy atom. The molecule has 0 N–H and O–H groups in total. The summed E-state index contributed by atoms with van der Waals surface area (Å²) in [6, 6.07) is 0. The first-order valence-electron chi connectivity index (χ1n) is 5.46. The Morgan fingerprint density at radius 2 is 0.917 bits per heavy atom. The minimum atomic E-state index is 0.880. The van der Waals surface area contributed by atoms with Gasteiger partial charge in [0.25, 0.3) is 0 Å². The fourth-order valence-electron chi connectivity index (χ4n) is 3.75. The molecule has 0 aromatic rings. The van der Waals surface area contributed by atoms with E-state index < -0.39 is 0 Å². The van der Waals surface area contributed by atoms with Crippen LogP contribution in [0.5, 0.6) is 0 Å². The fraction of sp³-hybridized carbons (Fsp3) is 1.00. The first kappa shape index (κ1) is 10.1. The highest BCUT2D eigenvalue weighted by molar-refractivity contribution is 4.94. The van der Waals surface area contributed by atoms with Crippen molar-refractivity contribution in [3.05, 3.63) is 0 Å². The summed E-state index contributed by atoms with van der Waals surface area (Å²) in [6.45, 7) is 14.4. The van der Waals surface area contributed by atoms with Crippen LogP contribution in [0.1, 0.15) is 41.5 Å². The second-order valence-corrected chi connectivity index (χ2v) is 5.36. The quantitative estimate of drug-likeness (QED) is 0.588. The average molecular weight is 168 g/mol. The third kappa shape index (κ3) is 1.41. The molecule has 12 heavy (non-hydrogen) atoms. The predicted octanol–water partition coefficient (Wildman–Crippen LogP) is 3.82. The molecule has 0 nitrogen and oxygen atoms in total. The maximum atomic E-state index is 2.44. The second kappa shape index (κ2) is 3.40. The van der Waals surface area contributed by atoms with Crippen molar-refractivity contribution in [2.75, 3.05) is 0 Å². The average Bonchev–Trinajstić information content (AvgIpc) is 1.84. The van der Waals surface area contributed by atoms with Crippen LogP contribution in [0.4, 0.5) is 0 Å². The second-order valence-electron chi connectivity index (χ2n) is 5.36. The lowest BCUT2D eigenvalue weighted by Gasteiger charge is -2.53. The number of rotatable bonds is 2. The highest BCUT2D eigenvalue weighted by Crippen LogP contribution is 2.52. The van der Waals surface area contributed by atoms with Crippen LogP contribution in [0.15, 0.2) is 0 Å². The lowest BCUT2D eigenvalue weighted by atomic mass is 9.52. The molecule has 1 fully saturated rings. The monoisotopic (exact) mass is 168 g/mol. The van der Waals surface area contributed by atoms with E-state index in [0.717, 1.165) is 35.5 Å². The van der Waals surface area contributed by atoms with Gasteiger partial charge in [0, 0.05) is 0 Å². The van der Waals surface area contributed by atoms with E-state index in [9.17, 15) is 0 Å². The SMILES string of the molecule is CC(C)C1C(C)C(C(C)C)C1C. The third-order valence-corrected chi connectivity index (χ3v) is 3.97. The van der Waals surface area contributed by atoms with Crippen molar-refractivity contribution in [3.63, 3.8) is 0 Å². The molecule has 0 aromatic carbocycles. The lowest BCUT2D eigenvalue weighted by Crippen LogP contribution is -2.48. The number of hydrogen-bond donors (Lipinski definition) is 0. The van der Waals surface area contributed by atoms with Crippen molar-refractivity contribution >= 4 is 0 Å². The van der Waals surface area contributed by atoms with Crippen LogP contribution in [-0.2, 0) is 0 Å². The van der Waals surface area contributed by atoms with Crippen LogP contribution in [-0.4, -0.2) is 0 Å². The Kier molecular flexibility index (Phi) is 2.85. The van der Waals surface area contributed by atoms with Gasteiger partial charge >= 0.3 is 0 Å². The maximum absolute atomic E-state index is 2.44. The van der Waals surface area contributed by atoms with Crippen LogP contribution in [0, 0.1) is 35.5 Å². The first-order valence-corrected chi connectivity index (χ1v) is 5.46. The summed E-state index contributed by atoms with van der Waals surface area (Å²) in [5.41, 5.74) is 0. The molecule has 0 aromatic heterocycles. The summed E-state index contributed by atoms with van der Waals surface area (Å²) in [4.78, 5) is 0. The van der Waals surface area contributed by atoms with Crippen molar-refractivity contribution < 1.29 is 0 Å². The van der Waals surface area contributed by atoms with E-state index in [1.54, 1.807) is 0 Å². The van der Waals surface area contributed by atoms with Gasteiger partial charge in [0.05, 0.1) is 0 Å². The van der Waals surface area contributed by atoms with Crippen LogP contribution in [0.3, 0.4) is 0 Å². The summed E-state index contributed by atoms with van der Waals surface area (Å²) >= 11 is 0. The summed E-state index contributed by atoms with van der Waals surface area (Å²) in [7, 11) is 0. The Bertz CT molecular complexity index is 120. The molecule has 1 saturated carbocycles. The van der Waals surface area contributed by atoms with Gasteiger partial charge in [-0.1, -0.05) is 41.5 Å². The van der Waals surface area contributed by atoms with Crippen molar-refractivity contribution in [1.29, 1.82) is 0 Å². The molecule has 1 aliphatic rings. The largest absolute Gasteiger partial charge is 0.0625 e. The topological polar surface area (TPSA) is 0 Å². The Labute approximate surface area is 77.7 Å². The molecule has 0 aliphatic heterocycles. The van der Waals surface area contributed by atoms with Crippen molar-refractivity contribution in [2.24, 2.45) is 35.5 Å². The standard InChI is InChI=1S/C12H24/c1-7(2)11-9(5)12(8(3)4)10(11)6/h7-12H,1-6H3. The van der Waals surface area contributed by atoms with Crippen molar-refractivity contribution in [1.82, 2.24) is 0 Å². The van der Waals surface area contributed by atoms with Crippen LogP contribution in [0.25, 0.3) is 0 Å². The minimum Gasteiger partial charge on any atom is -0.0625 e. The highest BCUT2D eigenvalue weighted by atomic mass is 14.5. The van der Waals surface area contributed by atoms with E-state index in [2.05, 4.69) is 41.5 Å². The van der Waals surface area contributed by atoms with E-state index in [4.69, 9.17) is 0 Å². The van der Waals surface area contributed by atoms with Gasteiger partial charge < -0.3 is 0 Å². The van der Waals surface area contributed by atoms with Gasteiger partial charge in [-0.05, 0) is 35.5 Å². The van der Waals surface area contributed by atoms with Gasteiger partial charge in [0.2, 0.25) is 0 Å². The Balaban J connectivity index is 2.56. The third-order valence-electron chi connectivity index (χ3n) is 3.97. The lowest BCUT2D eigenvalue weighted by molar-refractivity contribution is -0.0557. The Hall–Kier alpha value is 0. The molecular weight excluding hydrogens is 144 g/mol. The zero-order chi connectivity index (χ0) is 9.46. The van der Waals surface area contributed by atoms with E-state index in [0.29, 0.717) is 0 Å². The van der Waals surface area contributed by atoms with E-state index in [1.807, 2.05) is 0 Å². The summed E-state index contributed by atoms with van der Waals surface area (Å²) in [6.07, 6.45) is 0. The van der Waals surface area contributed by atoms with Crippen LogP contribution < -0.4 is 0 Å². The molecule has 0 bridgehead atoms. The van der Waals surface area contributed by atoms with Gasteiger partial charge in [-0.3, -0.25) is 0 Å². The van der Waals surface area contributed by atoms with Crippen molar-refractivity contribution in [2.45, 2.75) is 41.5 Å². The normalized spacial score (nSPS) is 42.0. The fourth-order valence-corrected chi connectivity index (χ4v) is 3.75. The molecular formula is C12H24. The first-order chi connectivity index (χ1) is 5.46. The molecule has 1 rings (SSSR count). The molecule has 0 spiro atoms. The number of hydrogen-bond acceptors (Lipinski definition) is 0. The van der Waals surface area contributed by atoms with Gasteiger partial charge in [-0.2, -0.15) is 0 Å². The maximum Gasteiger partial charge on any atom is -0.0334 e. The molecule has 1 aliphatic carbocycles. The zero-order valence-corrected chi connectivity index (χ0v) is 9.46. The highest BCUT2D eigenvalue weighted by Gasteiger charge is 2.46. The molecule has 0 saturated heterocycles. The van der Waals surface area contributed by atoms with Gasteiger partial charge in [0.15, 0.2) is 0 Å². The van der Waals surface area contributed by atoms with E-state index in [1.165, 1.54) is 0 Å². The molecule has 0 heterocycles. The molecule has 0 amide bonds. The van der Waals surface area contributed by atoms with E-state index >= 15 is 0 Å². The van der Waals surface area contributed by atoms with Crippen LogP contribution >= 0.6 is 0 Å². The van der Waals surface area contributed by atoms with E-state index in [-0.39, 0.29) is 0 Å². The minimum absolute atomic E-state index is 0.880. The summed E-state index contributed by atoms with van der Waals surface area (Å²) < 4.78 is 0.